The second-order valence-corrected chi connectivity index (χ2v) is 6.53. The molecule has 0 rings (SSSR count). The van der Waals surface area contributed by atoms with Gasteiger partial charge in [-0.3, -0.25) is 9.59 Å². The van der Waals surface area contributed by atoms with Crippen molar-refractivity contribution in [3.05, 3.63) is 0 Å². The molecular weight excluding hydrogens is 244 g/mol. The molecule has 1 amide bonds. The number of aliphatic carboxylic acids is 1. The van der Waals surface area contributed by atoms with E-state index in [0.29, 0.717) is 19.4 Å². The number of hydrogen-bond donors (Lipinski definition) is 3. The minimum atomic E-state index is -0.841. The van der Waals surface area contributed by atoms with E-state index in [0.717, 1.165) is 12.8 Å². The summed E-state index contributed by atoms with van der Waals surface area (Å²) in [5, 5.41) is 11.5. The summed E-state index contributed by atoms with van der Waals surface area (Å²) in [5.74, 6) is -0.869. The summed E-state index contributed by atoms with van der Waals surface area (Å²) < 4.78 is 0. The Morgan fingerprint density at radius 2 is 1.63 bits per heavy atom. The highest BCUT2D eigenvalue weighted by Crippen LogP contribution is 2.26. The Kier molecular flexibility index (Phi) is 7.05. The smallest absolute Gasteiger partial charge is 0.303 e. The quantitative estimate of drug-likeness (QED) is 0.597. The van der Waals surface area contributed by atoms with Crippen LogP contribution in [0.4, 0.5) is 0 Å². The normalized spacial score (nSPS) is 12.3. The van der Waals surface area contributed by atoms with Gasteiger partial charge in [0.15, 0.2) is 0 Å². The summed E-state index contributed by atoms with van der Waals surface area (Å²) in [5.41, 5.74) is 5.12. The molecule has 0 heterocycles. The second-order valence-electron chi connectivity index (χ2n) is 6.53. The highest BCUT2D eigenvalue weighted by molar-refractivity contribution is 5.76. The molecule has 5 nitrogen and oxygen atoms in total. The van der Waals surface area contributed by atoms with Crippen LogP contribution >= 0.6 is 0 Å². The number of nitrogens with two attached hydrogens (primary N) is 1. The van der Waals surface area contributed by atoms with Gasteiger partial charge in [-0.25, -0.2) is 0 Å². The molecule has 0 saturated carbocycles. The van der Waals surface area contributed by atoms with Crippen molar-refractivity contribution in [1.82, 2.24) is 5.32 Å². The molecule has 0 aliphatic heterocycles. The van der Waals surface area contributed by atoms with Crippen LogP contribution < -0.4 is 11.1 Å². The third kappa shape index (κ3) is 9.47. The molecule has 112 valence electrons. The molecular formula is C14H28N2O3. The molecule has 0 aromatic carbocycles. The largest absolute Gasteiger partial charge is 0.481 e. The lowest BCUT2D eigenvalue weighted by Gasteiger charge is -2.28. The van der Waals surface area contributed by atoms with E-state index in [1.165, 1.54) is 0 Å². The third-order valence-corrected chi connectivity index (χ3v) is 3.29. The number of nitrogens with one attached hydrogen (secondary N) is 1. The Morgan fingerprint density at radius 1 is 1.05 bits per heavy atom. The maximum Gasteiger partial charge on any atom is 0.303 e. The van der Waals surface area contributed by atoms with Crippen LogP contribution in [0.2, 0.25) is 0 Å². The van der Waals surface area contributed by atoms with Crippen LogP contribution in [0, 0.1) is 5.41 Å². The van der Waals surface area contributed by atoms with Crippen molar-refractivity contribution >= 4 is 11.9 Å². The van der Waals surface area contributed by atoms with Gasteiger partial charge in [0, 0.05) is 18.4 Å². The van der Waals surface area contributed by atoms with Gasteiger partial charge in [0.2, 0.25) is 5.91 Å². The lowest BCUT2D eigenvalue weighted by atomic mass is 9.84. The molecule has 0 unspecified atom stereocenters. The predicted molar refractivity (Wildman–Crippen MR) is 75.8 cm³/mol. The van der Waals surface area contributed by atoms with Crippen LogP contribution in [0.3, 0.4) is 0 Å². The lowest BCUT2D eigenvalue weighted by Crippen LogP contribution is -2.44. The molecule has 0 aromatic heterocycles. The zero-order chi connectivity index (χ0) is 15.1. The molecule has 0 fully saturated rings. The van der Waals surface area contributed by atoms with E-state index >= 15 is 0 Å². The highest BCUT2D eigenvalue weighted by atomic mass is 16.4. The summed E-state index contributed by atoms with van der Waals surface area (Å²) in [6, 6.07) is 0. The number of carbonyl (C=O) groups is 2. The molecule has 0 atom stereocenters. The molecule has 0 aromatic rings. The maximum atomic E-state index is 11.9. The zero-order valence-electron chi connectivity index (χ0n) is 12.6. The van der Waals surface area contributed by atoms with Gasteiger partial charge in [0.1, 0.15) is 0 Å². The van der Waals surface area contributed by atoms with Gasteiger partial charge in [-0.1, -0.05) is 13.8 Å². The lowest BCUT2D eigenvalue weighted by molar-refractivity contribution is -0.137. The van der Waals surface area contributed by atoms with E-state index in [1.54, 1.807) is 0 Å². The van der Waals surface area contributed by atoms with Crippen molar-refractivity contribution < 1.29 is 14.7 Å². The molecule has 0 saturated heterocycles. The fraction of sp³-hybridized carbons (Fsp3) is 0.857. The monoisotopic (exact) mass is 272 g/mol. The second kappa shape index (κ2) is 7.48. The highest BCUT2D eigenvalue weighted by Gasteiger charge is 2.23. The van der Waals surface area contributed by atoms with Crippen molar-refractivity contribution in [2.75, 3.05) is 6.54 Å². The average molecular weight is 272 g/mol. The molecule has 0 radical (unpaired) electrons. The molecule has 5 heteroatoms. The summed E-state index contributed by atoms with van der Waals surface area (Å²) in [6.45, 7) is 8.52. The Labute approximate surface area is 115 Å². The van der Waals surface area contributed by atoms with Gasteiger partial charge >= 0.3 is 5.97 Å². The molecule has 19 heavy (non-hydrogen) atoms. The summed E-state index contributed by atoms with van der Waals surface area (Å²) in [7, 11) is 0. The van der Waals surface area contributed by atoms with Gasteiger partial charge in [-0.05, 0) is 45.1 Å². The van der Waals surface area contributed by atoms with Crippen LogP contribution in [0.1, 0.15) is 59.8 Å². The minimum Gasteiger partial charge on any atom is -0.481 e. The van der Waals surface area contributed by atoms with Gasteiger partial charge in [0.25, 0.3) is 0 Å². The fourth-order valence-electron chi connectivity index (χ4n) is 1.89. The Hall–Kier alpha value is -1.10. The minimum absolute atomic E-state index is 0.0273. The predicted octanol–water partition coefficient (Wildman–Crippen LogP) is 1.90. The first-order chi connectivity index (χ1) is 8.58. The first-order valence-corrected chi connectivity index (χ1v) is 6.81. The topological polar surface area (TPSA) is 92.4 Å². The average Bonchev–Trinajstić information content (AvgIpc) is 2.23. The molecule has 0 aliphatic rings. The molecule has 0 aliphatic carbocycles. The van der Waals surface area contributed by atoms with Crippen molar-refractivity contribution in [1.29, 1.82) is 0 Å². The number of carbonyl (C=O) groups excluding carboxylic acids is 1. The van der Waals surface area contributed by atoms with Gasteiger partial charge in [-0.2, -0.15) is 0 Å². The van der Waals surface area contributed by atoms with E-state index in [9.17, 15) is 9.59 Å². The third-order valence-electron chi connectivity index (χ3n) is 3.29. The van der Waals surface area contributed by atoms with E-state index in [2.05, 4.69) is 19.2 Å². The molecule has 0 spiro atoms. The Balaban J connectivity index is 4.12. The van der Waals surface area contributed by atoms with Crippen LogP contribution in [-0.4, -0.2) is 29.1 Å². The van der Waals surface area contributed by atoms with Gasteiger partial charge in [0.05, 0.1) is 0 Å². The van der Waals surface area contributed by atoms with Crippen molar-refractivity contribution in [3.63, 3.8) is 0 Å². The van der Waals surface area contributed by atoms with E-state index in [-0.39, 0.29) is 17.7 Å². The number of carboxylic acids is 1. The van der Waals surface area contributed by atoms with E-state index in [4.69, 9.17) is 10.8 Å². The van der Waals surface area contributed by atoms with Gasteiger partial charge < -0.3 is 16.2 Å². The number of rotatable bonds is 9. The standard InChI is InChI=1S/C14H28N2O3/c1-13(2,9-10-15)7-5-11(17)16-14(3,4)8-6-12(18)19/h5-10,15H2,1-4H3,(H,16,17)(H,18,19). The van der Waals surface area contributed by atoms with Crippen LogP contribution in [0.5, 0.6) is 0 Å². The SMILES string of the molecule is CC(C)(CCN)CCC(=O)NC(C)(C)CCC(=O)O. The summed E-state index contributed by atoms with van der Waals surface area (Å²) >= 11 is 0. The number of amides is 1. The van der Waals surface area contributed by atoms with Crippen LogP contribution in [0.25, 0.3) is 0 Å². The van der Waals surface area contributed by atoms with Crippen molar-refractivity contribution in [3.8, 4) is 0 Å². The summed E-state index contributed by atoms with van der Waals surface area (Å²) in [6.07, 6.45) is 2.61. The Bertz CT molecular complexity index is 312. The summed E-state index contributed by atoms with van der Waals surface area (Å²) in [4.78, 5) is 22.4. The van der Waals surface area contributed by atoms with E-state index < -0.39 is 11.5 Å². The molecule has 4 N–H and O–H groups in total. The van der Waals surface area contributed by atoms with Gasteiger partial charge in [-0.15, -0.1) is 0 Å². The zero-order valence-corrected chi connectivity index (χ0v) is 12.6. The Morgan fingerprint density at radius 3 is 2.11 bits per heavy atom. The van der Waals surface area contributed by atoms with Crippen molar-refractivity contribution in [2.45, 2.75) is 65.3 Å². The van der Waals surface area contributed by atoms with E-state index in [1.807, 2.05) is 13.8 Å². The molecule has 0 bridgehead atoms. The first kappa shape index (κ1) is 17.9. The van der Waals surface area contributed by atoms with Crippen LogP contribution in [0.15, 0.2) is 0 Å². The maximum absolute atomic E-state index is 11.9. The number of hydrogen-bond acceptors (Lipinski definition) is 3. The van der Waals surface area contributed by atoms with Crippen LogP contribution in [-0.2, 0) is 9.59 Å². The number of carboxylic acid groups (broad SMARTS) is 1. The fourth-order valence-corrected chi connectivity index (χ4v) is 1.89. The first-order valence-electron chi connectivity index (χ1n) is 6.81. The van der Waals surface area contributed by atoms with Crippen molar-refractivity contribution in [2.24, 2.45) is 11.1 Å².